The number of aryl methyl sites for hydroxylation is 1. The predicted octanol–water partition coefficient (Wildman–Crippen LogP) is 2.93. The van der Waals surface area contributed by atoms with E-state index in [0.29, 0.717) is 32.7 Å². The van der Waals surface area contributed by atoms with E-state index in [1.807, 2.05) is 55.5 Å². The van der Waals surface area contributed by atoms with Gasteiger partial charge in [-0.25, -0.2) is 0 Å². The van der Waals surface area contributed by atoms with E-state index in [4.69, 9.17) is 14.6 Å². The van der Waals surface area contributed by atoms with Crippen molar-refractivity contribution in [1.82, 2.24) is 4.90 Å². The zero-order valence-electron chi connectivity index (χ0n) is 16.0. The van der Waals surface area contributed by atoms with E-state index < -0.39 is 11.9 Å². The quantitative estimate of drug-likeness (QED) is 0.674. The largest absolute Gasteiger partial charge is 0.490 e. The zero-order valence-corrected chi connectivity index (χ0v) is 16.0. The summed E-state index contributed by atoms with van der Waals surface area (Å²) in [6.07, 6.45) is 0.759. The first-order valence-corrected chi connectivity index (χ1v) is 9.43. The van der Waals surface area contributed by atoms with Crippen LogP contribution in [0.4, 0.5) is 0 Å². The van der Waals surface area contributed by atoms with Crippen LogP contribution >= 0.6 is 0 Å². The maximum Gasteiger partial charge on any atom is 0.308 e. The Morgan fingerprint density at radius 2 is 1.82 bits per heavy atom. The number of ether oxygens (including phenoxy) is 2. The number of aliphatic carboxylic acids is 1. The first-order valence-electron chi connectivity index (χ1n) is 9.43. The second kappa shape index (κ2) is 9.26. The monoisotopic (exact) mass is 383 g/mol. The highest BCUT2D eigenvalue weighted by molar-refractivity contribution is 5.86. The van der Waals surface area contributed by atoms with Crippen LogP contribution in [0, 0.1) is 12.8 Å². The minimum Gasteiger partial charge on any atom is -0.490 e. The Balaban J connectivity index is 1.43. The van der Waals surface area contributed by atoms with Gasteiger partial charge in [-0.2, -0.15) is 0 Å². The van der Waals surface area contributed by atoms with Crippen molar-refractivity contribution in [2.75, 3.05) is 26.3 Å². The molecule has 3 rings (SSSR count). The van der Waals surface area contributed by atoms with Crippen LogP contribution in [0.2, 0.25) is 0 Å². The van der Waals surface area contributed by atoms with E-state index in [1.165, 1.54) is 5.56 Å². The highest BCUT2D eigenvalue weighted by Crippen LogP contribution is 2.20. The maximum absolute atomic E-state index is 11.9. The molecule has 0 aliphatic carbocycles. The smallest absolute Gasteiger partial charge is 0.308 e. The molecular weight excluding hydrogens is 358 g/mol. The number of carboxylic acids is 1. The summed E-state index contributed by atoms with van der Waals surface area (Å²) in [4.78, 5) is 24.6. The molecule has 0 spiro atoms. The summed E-state index contributed by atoms with van der Waals surface area (Å²) in [5.74, 6) is -0.0121. The SMILES string of the molecule is Cc1ccc(OCCOc2cccc(CCN3CC(C(=O)O)CC3=O)c2)cc1. The first-order chi connectivity index (χ1) is 13.5. The number of carbonyl (C=O) groups excluding carboxylic acids is 1. The molecule has 148 valence electrons. The third kappa shape index (κ3) is 5.49. The number of hydrogen-bond acceptors (Lipinski definition) is 4. The fraction of sp³-hybridized carbons (Fsp3) is 0.364. The summed E-state index contributed by atoms with van der Waals surface area (Å²) in [5.41, 5.74) is 2.23. The average Bonchev–Trinajstić information content (AvgIpc) is 3.06. The van der Waals surface area contributed by atoms with Gasteiger partial charge in [0.05, 0.1) is 5.92 Å². The molecule has 1 amide bonds. The lowest BCUT2D eigenvalue weighted by Gasteiger charge is -2.16. The number of carboxylic acid groups (broad SMARTS) is 1. The molecule has 1 unspecified atom stereocenters. The van der Waals surface area contributed by atoms with Crippen molar-refractivity contribution in [1.29, 1.82) is 0 Å². The van der Waals surface area contributed by atoms with Gasteiger partial charge in [-0.15, -0.1) is 0 Å². The van der Waals surface area contributed by atoms with Gasteiger partial charge in [-0.3, -0.25) is 9.59 Å². The van der Waals surface area contributed by atoms with Crippen LogP contribution in [0.1, 0.15) is 17.5 Å². The summed E-state index contributed by atoms with van der Waals surface area (Å²) in [6, 6.07) is 15.6. The molecule has 1 heterocycles. The molecule has 0 bridgehead atoms. The van der Waals surface area contributed by atoms with Crippen LogP contribution in [0.25, 0.3) is 0 Å². The van der Waals surface area contributed by atoms with Crippen LogP contribution in [0.15, 0.2) is 48.5 Å². The summed E-state index contributed by atoms with van der Waals surface area (Å²) in [5, 5.41) is 9.05. The van der Waals surface area contributed by atoms with Gasteiger partial charge in [0.25, 0.3) is 0 Å². The third-order valence-electron chi connectivity index (χ3n) is 4.77. The van der Waals surface area contributed by atoms with Crippen molar-refractivity contribution >= 4 is 11.9 Å². The second-order valence-corrected chi connectivity index (χ2v) is 6.99. The van der Waals surface area contributed by atoms with Gasteiger partial charge in [0.15, 0.2) is 0 Å². The average molecular weight is 383 g/mol. The van der Waals surface area contributed by atoms with E-state index >= 15 is 0 Å². The van der Waals surface area contributed by atoms with Crippen molar-refractivity contribution in [3.63, 3.8) is 0 Å². The molecule has 0 saturated carbocycles. The van der Waals surface area contributed by atoms with E-state index in [9.17, 15) is 9.59 Å². The fourth-order valence-corrected chi connectivity index (χ4v) is 3.16. The molecule has 1 fully saturated rings. The normalized spacial score (nSPS) is 16.2. The summed E-state index contributed by atoms with van der Waals surface area (Å²) in [7, 11) is 0. The maximum atomic E-state index is 11.9. The van der Waals surface area contributed by atoms with Crippen LogP contribution in [0.3, 0.4) is 0 Å². The van der Waals surface area contributed by atoms with Crippen molar-refractivity contribution in [2.45, 2.75) is 19.8 Å². The number of benzene rings is 2. The van der Waals surface area contributed by atoms with Gasteiger partial charge in [0.2, 0.25) is 5.91 Å². The van der Waals surface area contributed by atoms with Gasteiger partial charge in [0.1, 0.15) is 24.7 Å². The Morgan fingerprint density at radius 1 is 1.11 bits per heavy atom. The Hall–Kier alpha value is -3.02. The predicted molar refractivity (Wildman–Crippen MR) is 105 cm³/mol. The lowest BCUT2D eigenvalue weighted by Crippen LogP contribution is -2.28. The number of rotatable bonds is 9. The zero-order chi connectivity index (χ0) is 19.9. The topological polar surface area (TPSA) is 76.1 Å². The van der Waals surface area contributed by atoms with Crippen LogP contribution in [-0.2, 0) is 16.0 Å². The first kappa shape index (κ1) is 19.7. The lowest BCUT2D eigenvalue weighted by molar-refractivity contribution is -0.141. The minimum atomic E-state index is -0.904. The van der Waals surface area contributed by atoms with Crippen molar-refractivity contribution < 1.29 is 24.2 Å². The molecule has 6 nitrogen and oxygen atoms in total. The van der Waals surface area contributed by atoms with Crippen molar-refractivity contribution in [3.8, 4) is 11.5 Å². The van der Waals surface area contributed by atoms with E-state index in [1.54, 1.807) is 4.90 Å². The molecule has 1 aliphatic heterocycles. The van der Waals surface area contributed by atoms with Gasteiger partial charge in [-0.05, 0) is 43.2 Å². The van der Waals surface area contributed by atoms with Crippen LogP contribution in [-0.4, -0.2) is 48.2 Å². The molecule has 1 saturated heterocycles. The number of carbonyl (C=O) groups is 2. The van der Waals surface area contributed by atoms with Gasteiger partial charge in [-0.1, -0.05) is 29.8 Å². The van der Waals surface area contributed by atoms with E-state index in [0.717, 1.165) is 17.1 Å². The van der Waals surface area contributed by atoms with Gasteiger partial charge >= 0.3 is 5.97 Å². The number of hydrogen-bond donors (Lipinski definition) is 1. The van der Waals surface area contributed by atoms with Crippen LogP contribution < -0.4 is 9.47 Å². The summed E-state index contributed by atoms with van der Waals surface area (Å²) < 4.78 is 11.4. The van der Waals surface area contributed by atoms with Gasteiger partial charge in [0, 0.05) is 19.5 Å². The summed E-state index contributed by atoms with van der Waals surface area (Å²) >= 11 is 0. The van der Waals surface area contributed by atoms with Crippen molar-refractivity contribution in [3.05, 3.63) is 59.7 Å². The molecule has 0 radical (unpaired) electrons. The number of likely N-dealkylation sites (tertiary alicyclic amines) is 1. The minimum absolute atomic E-state index is 0.0898. The Morgan fingerprint density at radius 3 is 2.50 bits per heavy atom. The fourth-order valence-electron chi connectivity index (χ4n) is 3.16. The molecule has 1 N–H and O–H groups in total. The Kier molecular flexibility index (Phi) is 6.53. The molecule has 28 heavy (non-hydrogen) atoms. The standard InChI is InChI=1S/C22H25NO5/c1-16-5-7-19(8-6-16)27-11-12-28-20-4-2-3-17(13-20)9-10-23-15-18(22(25)26)14-21(23)24/h2-8,13,18H,9-12,14-15H2,1H3,(H,25,26). The van der Waals surface area contributed by atoms with Gasteiger partial charge < -0.3 is 19.5 Å². The molecule has 6 heteroatoms. The molecule has 1 atom stereocenters. The van der Waals surface area contributed by atoms with Crippen LogP contribution in [0.5, 0.6) is 11.5 Å². The Bertz CT molecular complexity index is 818. The third-order valence-corrected chi connectivity index (χ3v) is 4.77. The lowest BCUT2D eigenvalue weighted by atomic mass is 10.1. The van der Waals surface area contributed by atoms with E-state index in [2.05, 4.69) is 0 Å². The molecular formula is C22H25NO5. The number of amides is 1. The van der Waals surface area contributed by atoms with E-state index in [-0.39, 0.29) is 12.3 Å². The highest BCUT2D eigenvalue weighted by atomic mass is 16.5. The molecule has 2 aromatic carbocycles. The molecule has 1 aliphatic rings. The summed E-state index contributed by atoms with van der Waals surface area (Å²) in [6.45, 7) is 3.72. The molecule has 2 aromatic rings. The Labute approximate surface area is 164 Å². The molecule has 0 aromatic heterocycles. The highest BCUT2D eigenvalue weighted by Gasteiger charge is 2.33. The second-order valence-electron chi connectivity index (χ2n) is 6.99. The van der Waals surface area contributed by atoms with Crippen molar-refractivity contribution in [2.24, 2.45) is 5.92 Å². The number of nitrogens with zero attached hydrogens (tertiary/aromatic N) is 1.